The monoisotopic (exact) mass is 247 g/mol. The second-order valence-corrected chi connectivity index (χ2v) is 6.35. The first-order chi connectivity index (χ1) is 7.65. The Morgan fingerprint density at radius 1 is 1.12 bits per heavy atom. The van der Waals surface area contributed by atoms with E-state index in [-0.39, 0.29) is 5.66 Å². The van der Waals surface area contributed by atoms with Gasteiger partial charge >= 0.3 is 8.03 Å². The topological polar surface area (TPSA) is 26.3 Å². The van der Waals surface area contributed by atoms with Gasteiger partial charge in [0.1, 0.15) is 6.61 Å². The van der Waals surface area contributed by atoms with Gasteiger partial charge in [0.25, 0.3) is 0 Å². The lowest BCUT2D eigenvalue weighted by Gasteiger charge is -2.10. The second-order valence-electron chi connectivity index (χ2n) is 4.64. The van der Waals surface area contributed by atoms with Crippen molar-refractivity contribution in [2.24, 2.45) is 5.92 Å². The molecule has 0 aliphatic heterocycles. The first kappa shape index (κ1) is 16.1. The van der Waals surface area contributed by atoms with E-state index in [1.807, 2.05) is 6.92 Å². The summed E-state index contributed by atoms with van der Waals surface area (Å²) in [5, 5.41) is 0. The van der Waals surface area contributed by atoms with Crippen LogP contribution in [-0.2, 0) is 9.09 Å². The van der Waals surface area contributed by atoms with E-state index in [0.717, 1.165) is 19.3 Å². The van der Waals surface area contributed by atoms with Crippen molar-refractivity contribution >= 4 is 8.03 Å². The maximum Gasteiger partial charge on any atom is 0.510 e. The Kier molecular flexibility index (Phi) is 10.3. The van der Waals surface area contributed by atoms with Crippen LogP contribution >= 0.6 is 8.03 Å². The molecule has 0 saturated carbocycles. The summed E-state index contributed by atoms with van der Waals surface area (Å²) < 4.78 is 17.3. The van der Waals surface area contributed by atoms with Crippen molar-refractivity contribution in [3.05, 3.63) is 0 Å². The molecule has 0 aliphatic rings. The van der Waals surface area contributed by atoms with Gasteiger partial charge in [-0.2, -0.15) is 0 Å². The minimum atomic E-state index is -1.45. The fourth-order valence-electron chi connectivity index (χ4n) is 1.73. The molecule has 0 N–H and O–H groups in total. The molecule has 96 valence electrons. The lowest BCUT2D eigenvalue weighted by molar-refractivity contribution is 0.240. The molecule has 2 nitrogen and oxygen atoms in total. The van der Waals surface area contributed by atoms with Crippen molar-refractivity contribution in [3.8, 4) is 0 Å². The van der Waals surface area contributed by atoms with Crippen LogP contribution in [0, 0.1) is 5.92 Å². The molecule has 0 saturated heterocycles. The zero-order valence-electron chi connectivity index (χ0n) is 11.4. The average molecular weight is 247 g/mol. The Morgan fingerprint density at radius 2 is 1.81 bits per heavy atom. The van der Waals surface area contributed by atoms with E-state index in [4.69, 9.17) is 4.52 Å². The van der Waals surface area contributed by atoms with Gasteiger partial charge in [-0.05, 0) is 30.2 Å². The zero-order chi connectivity index (χ0) is 12.4. The Hall–Kier alpha value is 0.0600. The number of rotatable bonds is 10. The normalized spacial score (nSPS) is 15.9. The van der Waals surface area contributed by atoms with E-state index in [9.17, 15) is 4.57 Å². The lowest BCUT2D eigenvalue weighted by Crippen LogP contribution is -2.08. The van der Waals surface area contributed by atoms with Crippen LogP contribution in [0.2, 0.25) is 0 Å². The van der Waals surface area contributed by atoms with Gasteiger partial charge in [-0.3, -0.25) is 0 Å². The molecular formula is C13H28O2P+. The van der Waals surface area contributed by atoms with E-state index in [2.05, 4.69) is 20.8 Å². The maximum atomic E-state index is 11.8. The van der Waals surface area contributed by atoms with Crippen molar-refractivity contribution in [2.75, 3.05) is 6.61 Å². The highest BCUT2D eigenvalue weighted by Gasteiger charge is 2.27. The van der Waals surface area contributed by atoms with E-state index >= 15 is 0 Å². The molecule has 0 aromatic carbocycles. The molecule has 0 amide bonds. The first-order valence-electron chi connectivity index (χ1n) is 6.74. The SMILES string of the molecule is CCCCC(CC)CO[P+](=O)C(C)CCC. The second kappa shape index (κ2) is 10.2. The molecule has 0 spiro atoms. The third-order valence-corrected chi connectivity index (χ3v) is 4.43. The summed E-state index contributed by atoms with van der Waals surface area (Å²) in [6.07, 6.45) is 6.90. The highest BCUT2D eigenvalue weighted by Crippen LogP contribution is 2.33. The van der Waals surface area contributed by atoms with Gasteiger partial charge in [0.15, 0.2) is 5.66 Å². The van der Waals surface area contributed by atoms with Crippen molar-refractivity contribution in [2.45, 2.75) is 71.9 Å². The van der Waals surface area contributed by atoms with Crippen molar-refractivity contribution in [3.63, 3.8) is 0 Å². The average Bonchev–Trinajstić information content (AvgIpc) is 2.29. The number of unbranched alkanes of at least 4 members (excludes halogenated alkanes) is 1. The minimum Gasteiger partial charge on any atom is -0.146 e. The third-order valence-electron chi connectivity index (χ3n) is 3.05. The Bertz CT molecular complexity index is 183. The van der Waals surface area contributed by atoms with Crippen LogP contribution in [0.3, 0.4) is 0 Å². The van der Waals surface area contributed by atoms with Crippen LogP contribution in [0.15, 0.2) is 0 Å². The van der Waals surface area contributed by atoms with E-state index in [1.54, 1.807) is 0 Å². The Morgan fingerprint density at radius 3 is 2.31 bits per heavy atom. The third kappa shape index (κ3) is 7.35. The standard InChI is InChI=1S/C13H28O2P/c1-5-8-10-13(7-3)11-15-16(14)12(4)9-6-2/h12-13H,5-11H2,1-4H3/q+1. The highest BCUT2D eigenvalue weighted by atomic mass is 31.1. The van der Waals surface area contributed by atoms with Gasteiger partial charge in [-0.15, -0.1) is 4.52 Å². The summed E-state index contributed by atoms with van der Waals surface area (Å²) in [4.78, 5) is 0. The summed E-state index contributed by atoms with van der Waals surface area (Å²) in [6, 6.07) is 0. The predicted octanol–water partition coefficient (Wildman–Crippen LogP) is 5.15. The number of hydrogen-bond donors (Lipinski definition) is 0. The molecule has 0 aliphatic carbocycles. The van der Waals surface area contributed by atoms with Gasteiger partial charge in [0.05, 0.1) is 0 Å². The zero-order valence-corrected chi connectivity index (χ0v) is 12.3. The lowest BCUT2D eigenvalue weighted by atomic mass is 10.0. The molecule has 0 aromatic rings. The van der Waals surface area contributed by atoms with Crippen molar-refractivity contribution in [1.82, 2.24) is 0 Å². The largest absolute Gasteiger partial charge is 0.510 e. The smallest absolute Gasteiger partial charge is 0.146 e. The molecular weight excluding hydrogens is 219 g/mol. The summed E-state index contributed by atoms with van der Waals surface area (Å²) in [5.41, 5.74) is 0.212. The van der Waals surface area contributed by atoms with Gasteiger partial charge in [-0.25, -0.2) is 0 Å². The summed E-state index contributed by atoms with van der Waals surface area (Å²) in [7, 11) is -1.45. The van der Waals surface area contributed by atoms with Crippen LogP contribution in [0.1, 0.15) is 66.2 Å². The predicted molar refractivity (Wildman–Crippen MR) is 71.2 cm³/mol. The molecule has 16 heavy (non-hydrogen) atoms. The highest BCUT2D eigenvalue weighted by molar-refractivity contribution is 7.40. The maximum absolute atomic E-state index is 11.8. The van der Waals surface area contributed by atoms with E-state index in [0.29, 0.717) is 12.5 Å². The van der Waals surface area contributed by atoms with Crippen LogP contribution in [0.25, 0.3) is 0 Å². The molecule has 3 unspecified atom stereocenters. The van der Waals surface area contributed by atoms with Crippen LogP contribution in [0.4, 0.5) is 0 Å². The summed E-state index contributed by atoms with van der Waals surface area (Å²) in [6.45, 7) is 9.22. The fraction of sp³-hybridized carbons (Fsp3) is 1.00. The quantitative estimate of drug-likeness (QED) is 0.499. The van der Waals surface area contributed by atoms with Gasteiger partial charge in [0, 0.05) is 0 Å². The van der Waals surface area contributed by atoms with E-state index in [1.165, 1.54) is 19.3 Å². The van der Waals surface area contributed by atoms with Crippen molar-refractivity contribution < 1.29 is 9.09 Å². The Balaban J connectivity index is 3.78. The van der Waals surface area contributed by atoms with Crippen LogP contribution < -0.4 is 0 Å². The van der Waals surface area contributed by atoms with Crippen LogP contribution in [-0.4, -0.2) is 12.3 Å². The Labute approximate surface area is 102 Å². The molecule has 0 fully saturated rings. The van der Waals surface area contributed by atoms with Gasteiger partial charge in [-0.1, -0.05) is 46.5 Å². The summed E-state index contributed by atoms with van der Waals surface area (Å²) >= 11 is 0. The molecule has 0 rings (SSSR count). The first-order valence-corrected chi connectivity index (χ1v) is 7.99. The van der Waals surface area contributed by atoms with E-state index < -0.39 is 8.03 Å². The number of hydrogen-bond acceptors (Lipinski definition) is 2. The van der Waals surface area contributed by atoms with Crippen molar-refractivity contribution in [1.29, 1.82) is 0 Å². The van der Waals surface area contributed by atoms with Gasteiger partial charge in [0.2, 0.25) is 0 Å². The van der Waals surface area contributed by atoms with Gasteiger partial charge < -0.3 is 0 Å². The fourth-order valence-corrected chi connectivity index (χ4v) is 2.81. The molecule has 0 aromatic heterocycles. The van der Waals surface area contributed by atoms with Crippen LogP contribution in [0.5, 0.6) is 0 Å². The molecule has 0 heterocycles. The minimum absolute atomic E-state index is 0.212. The molecule has 3 atom stereocenters. The molecule has 0 radical (unpaired) electrons. The molecule has 0 bridgehead atoms. The summed E-state index contributed by atoms with van der Waals surface area (Å²) in [5.74, 6) is 0.590. The molecule has 3 heteroatoms.